The normalized spacial score (nSPS) is 27.4. The lowest BCUT2D eigenvalue weighted by molar-refractivity contribution is -0.131. The lowest BCUT2D eigenvalue weighted by Crippen LogP contribution is -2.42. The number of hydrogen-bond acceptors (Lipinski definition) is 6. The maximum Gasteiger partial charge on any atom is 0.316 e. The van der Waals surface area contributed by atoms with Crippen LogP contribution < -0.4 is 10.1 Å². The second-order valence-electron chi connectivity index (χ2n) is 8.54. The number of halogens is 2. The molecule has 3 heterocycles. The number of anilines is 1. The molecule has 3 aliphatic rings. The number of carbonyl (C=O) groups is 1. The van der Waals surface area contributed by atoms with E-state index >= 15 is 0 Å². The number of benzene rings is 1. The van der Waals surface area contributed by atoms with E-state index in [0.29, 0.717) is 31.9 Å². The Morgan fingerprint density at radius 2 is 2.17 bits per heavy atom. The van der Waals surface area contributed by atoms with Gasteiger partial charge < -0.3 is 19.4 Å². The predicted octanol–water partition coefficient (Wildman–Crippen LogP) is 3.24. The number of hydrogen-bond donors (Lipinski definition) is 1. The van der Waals surface area contributed by atoms with Crippen molar-refractivity contribution in [1.82, 2.24) is 15.1 Å². The molecule has 1 aromatic heterocycles. The van der Waals surface area contributed by atoms with Crippen LogP contribution >= 0.6 is 0 Å². The Hall–Kier alpha value is -2.71. The van der Waals surface area contributed by atoms with Crippen LogP contribution in [-0.4, -0.2) is 52.7 Å². The summed E-state index contributed by atoms with van der Waals surface area (Å²) in [5.74, 6) is -1.58. The number of carbonyl (C=O) groups excluding carboxylic acids is 1. The molecule has 160 valence electrons. The van der Waals surface area contributed by atoms with Crippen molar-refractivity contribution in [3.63, 3.8) is 0 Å². The zero-order chi connectivity index (χ0) is 20.9. The Labute approximate surface area is 172 Å². The minimum absolute atomic E-state index is 0.0609. The minimum Gasteiger partial charge on any atom is -0.492 e. The summed E-state index contributed by atoms with van der Waals surface area (Å²) >= 11 is 0. The summed E-state index contributed by atoms with van der Waals surface area (Å²) in [6, 6.07) is 7.41. The molecule has 2 aliphatic heterocycles. The van der Waals surface area contributed by atoms with Gasteiger partial charge in [0.1, 0.15) is 18.4 Å². The molecule has 2 aromatic rings. The van der Waals surface area contributed by atoms with Crippen molar-refractivity contribution < 1.29 is 22.7 Å². The van der Waals surface area contributed by atoms with Gasteiger partial charge >= 0.3 is 6.01 Å². The van der Waals surface area contributed by atoms with E-state index in [4.69, 9.17) is 9.15 Å². The molecule has 9 heteroatoms. The van der Waals surface area contributed by atoms with E-state index in [1.807, 2.05) is 31.2 Å². The maximum atomic E-state index is 13.6. The summed E-state index contributed by atoms with van der Waals surface area (Å²) in [6.07, 6.45) is 1.46. The van der Waals surface area contributed by atoms with Crippen molar-refractivity contribution in [3.8, 4) is 5.75 Å². The molecule has 1 spiro atoms. The smallest absolute Gasteiger partial charge is 0.316 e. The summed E-state index contributed by atoms with van der Waals surface area (Å²) in [5.41, 5.74) is 0.0819. The molecule has 3 atom stereocenters. The van der Waals surface area contributed by atoms with Crippen molar-refractivity contribution in [1.29, 1.82) is 0 Å². The minimum atomic E-state index is -2.64. The fourth-order valence-electron chi connectivity index (χ4n) is 4.54. The highest BCUT2D eigenvalue weighted by Gasteiger charge is 2.73. The molecular weight excluding hydrogens is 394 g/mol. The summed E-state index contributed by atoms with van der Waals surface area (Å²) < 4.78 is 38.8. The molecule has 1 N–H and O–H groups in total. The molecule has 0 bridgehead atoms. The Bertz CT molecular complexity index is 965. The summed E-state index contributed by atoms with van der Waals surface area (Å²) in [6.45, 7) is 2.78. The van der Waals surface area contributed by atoms with Gasteiger partial charge in [0.15, 0.2) is 0 Å². The van der Waals surface area contributed by atoms with Gasteiger partial charge in [0.05, 0.1) is 11.3 Å². The lowest BCUT2D eigenvalue weighted by Gasteiger charge is -2.23. The topological polar surface area (TPSA) is 80.5 Å². The zero-order valence-electron chi connectivity index (χ0n) is 16.7. The van der Waals surface area contributed by atoms with Crippen molar-refractivity contribution >= 4 is 11.9 Å². The van der Waals surface area contributed by atoms with E-state index in [-0.39, 0.29) is 30.8 Å². The Kier molecular flexibility index (Phi) is 4.44. The largest absolute Gasteiger partial charge is 0.492 e. The standard InChI is InChI=1S/C21H24F2N4O3/c1-2-15(18(28)27-8-7-20(12-27)11-21(20,22)23)24-19-26-25-17(30-19)14-9-13-5-3-4-6-16(13)29-10-14/h3-6,14-15H,2,7-12H2,1H3,(H,24,26)/t14-,15-,20-/m1/s1. The average Bonchev–Trinajstić information content (AvgIpc) is 3.14. The number of fused-ring (bicyclic) bond motifs is 1. The second-order valence-corrected chi connectivity index (χ2v) is 8.54. The van der Waals surface area contributed by atoms with Crippen LogP contribution in [0.25, 0.3) is 0 Å². The first kappa shape index (κ1) is 19.3. The third-order valence-electron chi connectivity index (χ3n) is 6.55. The molecule has 1 saturated carbocycles. The van der Waals surface area contributed by atoms with Crippen LogP contribution in [0.2, 0.25) is 0 Å². The molecule has 30 heavy (non-hydrogen) atoms. The predicted molar refractivity (Wildman–Crippen MR) is 104 cm³/mol. The monoisotopic (exact) mass is 418 g/mol. The fourth-order valence-corrected chi connectivity index (χ4v) is 4.54. The van der Waals surface area contributed by atoms with Gasteiger partial charge in [-0.2, -0.15) is 0 Å². The Balaban J connectivity index is 1.23. The molecule has 1 aliphatic carbocycles. The van der Waals surface area contributed by atoms with E-state index in [0.717, 1.165) is 17.7 Å². The summed E-state index contributed by atoms with van der Waals surface area (Å²) in [4.78, 5) is 14.4. The van der Waals surface area contributed by atoms with E-state index in [1.165, 1.54) is 4.90 Å². The first-order chi connectivity index (χ1) is 14.4. The first-order valence-corrected chi connectivity index (χ1v) is 10.4. The van der Waals surface area contributed by atoms with Crippen LogP contribution in [-0.2, 0) is 11.2 Å². The van der Waals surface area contributed by atoms with Gasteiger partial charge in [-0.25, -0.2) is 8.78 Å². The molecular formula is C21H24F2N4O3. The van der Waals surface area contributed by atoms with Crippen LogP contribution in [0.5, 0.6) is 5.75 Å². The van der Waals surface area contributed by atoms with Crippen LogP contribution in [0.15, 0.2) is 28.7 Å². The number of alkyl halides is 2. The van der Waals surface area contributed by atoms with Gasteiger partial charge in [0, 0.05) is 19.5 Å². The quantitative estimate of drug-likeness (QED) is 0.803. The highest BCUT2D eigenvalue weighted by atomic mass is 19.3. The van der Waals surface area contributed by atoms with Gasteiger partial charge in [-0.05, 0) is 30.9 Å². The molecule has 1 amide bonds. The number of amides is 1. The number of likely N-dealkylation sites (tertiary alicyclic amines) is 1. The molecule has 1 saturated heterocycles. The average molecular weight is 418 g/mol. The summed E-state index contributed by atoms with van der Waals surface area (Å²) in [7, 11) is 0. The molecule has 2 fully saturated rings. The molecule has 7 nitrogen and oxygen atoms in total. The highest BCUT2D eigenvalue weighted by molar-refractivity contribution is 5.84. The van der Waals surface area contributed by atoms with E-state index in [9.17, 15) is 13.6 Å². The summed E-state index contributed by atoms with van der Waals surface area (Å²) in [5, 5.41) is 11.2. The number of aromatic nitrogens is 2. The van der Waals surface area contributed by atoms with Gasteiger partial charge in [0.2, 0.25) is 11.8 Å². The van der Waals surface area contributed by atoms with Crippen molar-refractivity contribution in [3.05, 3.63) is 35.7 Å². The number of para-hydroxylation sites is 1. The Morgan fingerprint density at radius 1 is 1.37 bits per heavy atom. The van der Waals surface area contributed by atoms with Gasteiger partial charge in [-0.1, -0.05) is 30.2 Å². The lowest BCUT2D eigenvalue weighted by atomic mass is 9.97. The number of rotatable bonds is 5. The third kappa shape index (κ3) is 3.20. The van der Waals surface area contributed by atoms with Gasteiger partial charge in [0.25, 0.3) is 5.92 Å². The van der Waals surface area contributed by atoms with Crippen molar-refractivity contribution in [2.45, 2.75) is 50.5 Å². The number of nitrogens with zero attached hydrogens (tertiary/aromatic N) is 3. The van der Waals surface area contributed by atoms with Crippen LogP contribution in [0.4, 0.5) is 14.8 Å². The van der Waals surface area contributed by atoms with E-state index < -0.39 is 17.4 Å². The number of ether oxygens (including phenoxy) is 1. The Morgan fingerprint density at radius 3 is 2.90 bits per heavy atom. The van der Waals surface area contributed by atoms with E-state index in [2.05, 4.69) is 15.5 Å². The van der Waals surface area contributed by atoms with Crippen LogP contribution in [0.3, 0.4) is 0 Å². The van der Waals surface area contributed by atoms with Gasteiger partial charge in [-0.15, -0.1) is 5.10 Å². The zero-order valence-corrected chi connectivity index (χ0v) is 16.7. The highest BCUT2D eigenvalue weighted by Crippen LogP contribution is 2.65. The molecule has 1 aromatic carbocycles. The SMILES string of the molecule is CC[C@@H](Nc1nnc([C@H]2COc3ccccc3C2)o1)C(=O)N1CC[C@]2(C1)CC2(F)F. The second kappa shape index (κ2) is 6.92. The number of nitrogens with one attached hydrogen (secondary N) is 1. The molecule has 0 unspecified atom stereocenters. The van der Waals surface area contributed by atoms with Crippen molar-refractivity contribution in [2.24, 2.45) is 5.41 Å². The van der Waals surface area contributed by atoms with Crippen LogP contribution in [0, 0.1) is 5.41 Å². The van der Waals surface area contributed by atoms with Crippen molar-refractivity contribution in [2.75, 3.05) is 25.0 Å². The van der Waals surface area contributed by atoms with Crippen LogP contribution in [0.1, 0.15) is 43.6 Å². The third-order valence-corrected chi connectivity index (χ3v) is 6.55. The molecule has 0 radical (unpaired) electrons. The van der Waals surface area contributed by atoms with Gasteiger partial charge in [-0.3, -0.25) is 4.79 Å². The van der Waals surface area contributed by atoms with E-state index in [1.54, 1.807) is 0 Å². The first-order valence-electron chi connectivity index (χ1n) is 10.4. The fraction of sp³-hybridized carbons (Fsp3) is 0.571. The molecule has 5 rings (SSSR count). The maximum absolute atomic E-state index is 13.6.